The summed E-state index contributed by atoms with van der Waals surface area (Å²) >= 11 is 5.95. The molecule has 2 aromatic carbocycles. The van der Waals surface area contributed by atoms with Crippen LogP contribution >= 0.6 is 11.6 Å². The van der Waals surface area contributed by atoms with Gasteiger partial charge in [-0.15, -0.1) is 0 Å². The normalized spacial score (nSPS) is 20.3. The van der Waals surface area contributed by atoms with Crippen LogP contribution in [-0.4, -0.2) is 17.8 Å². The van der Waals surface area contributed by atoms with Crippen molar-refractivity contribution in [1.82, 2.24) is 5.32 Å². The van der Waals surface area contributed by atoms with Gasteiger partial charge in [-0.05, 0) is 53.4 Å². The minimum atomic E-state index is -0.398. The van der Waals surface area contributed by atoms with Gasteiger partial charge in [-0.3, -0.25) is 0 Å². The van der Waals surface area contributed by atoms with Crippen LogP contribution in [0.1, 0.15) is 28.3 Å². The molecule has 1 heterocycles. The number of nitriles is 1. The van der Waals surface area contributed by atoms with E-state index in [2.05, 4.69) is 11.4 Å². The summed E-state index contributed by atoms with van der Waals surface area (Å²) in [6.07, 6.45) is 0.626. The van der Waals surface area contributed by atoms with Gasteiger partial charge in [-0.1, -0.05) is 17.7 Å². The molecule has 0 fully saturated rings. The maximum Gasteiger partial charge on any atom is 0.125 e. The molecule has 2 unspecified atom stereocenters. The number of rotatable bonds is 2. The summed E-state index contributed by atoms with van der Waals surface area (Å²) in [6.45, 7) is -0.0320. The predicted octanol–water partition coefficient (Wildman–Crippen LogP) is 2.95. The number of benzene rings is 2. The highest BCUT2D eigenvalue weighted by molar-refractivity contribution is 6.30. The second-order valence-corrected chi connectivity index (χ2v) is 5.85. The molecule has 2 N–H and O–H groups in total. The van der Waals surface area contributed by atoms with Gasteiger partial charge in [-0.2, -0.15) is 5.26 Å². The molecule has 0 saturated carbocycles. The van der Waals surface area contributed by atoms with E-state index in [1.807, 2.05) is 12.1 Å². The Labute approximate surface area is 133 Å². The Bertz CT molecular complexity index is 737. The topological polar surface area (TPSA) is 56.0 Å². The molecule has 2 atom stereocenters. The summed E-state index contributed by atoms with van der Waals surface area (Å²) in [7, 11) is 0. The number of hydrogen-bond donors (Lipinski definition) is 2. The van der Waals surface area contributed by atoms with Crippen LogP contribution in [0.25, 0.3) is 0 Å². The van der Waals surface area contributed by atoms with E-state index in [0.717, 1.165) is 11.1 Å². The van der Waals surface area contributed by atoms with Crippen molar-refractivity contribution in [2.75, 3.05) is 6.61 Å². The molecule has 3 rings (SSSR count). The van der Waals surface area contributed by atoms with E-state index in [9.17, 15) is 9.50 Å². The first-order chi connectivity index (χ1) is 10.6. The van der Waals surface area contributed by atoms with Gasteiger partial charge in [0.2, 0.25) is 0 Å². The van der Waals surface area contributed by atoms with Gasteiger partial charge in [-0.25, -0.2) is 4.39 Å². The van der Waals surface area contributed by atoms with Gasteiger partial charge in [0.1, 0.15) is 5.82 Å². The Hall–Kier alpha value is -1.93. The molecule has 0 bridgehead atoms. The Kier molecular flexibility index (Phi) is 4.12. The molecule has 22 heavy (non-hydrogen) atoms. The molecule has 0 aliphatic carbocycles. The summed E-state index contributed by atoms with van der Waals surface area (Å²) < 4.78 is 13.7. The summed E-state index contributed by atoms with van der Waals surface area (Å²) in [6, 6.07) is 11.6. The standard InChI is InChI=1S/C17H14ClFN2O/c18-13-4-12(5-14(19)7-13)17-16-2-1-10(8-20)3-11(16)6-15(9-22)21-17/h1-5,7,15,17,21-22H,6,9H2. The molecular weight excluding hydrogens is 303 g/mol. The molecule has 5 heteroatoms. The Morgan fingerprint density at radius 1 is 1.32 bits per heavy atom. The van der Waals surface area contributed by atoms with Gasteiger partial charge in [0.15, 0.2) is 0 Å². The van der Waals surface area contributed by atoms with E-state index in [0.29, 0.717) is 22.6 Å². The van der Waals surface area contributed by atoms with Crippen LogP contribution < -0.4 is 5.32 Å². The number of aliphatic hydroxyl groups excluding tert-OH is 1. The van der Waals surface area contributed by atoms with Crippen molar-refractivity contribution in [3.8, 4) is 6.07 Å². The zero-order chi connectivity index (χ0) is 15.7. The highest BCUT2D eigenvalue weighted by Crippen LogP contribution is 2.32. The highest BCUT2D eigenvalue weighted by atomic mass is 35.5. The maximum atomic E-state index is 13.7. The number of nitrogens with one attached hydrogen (secondary N) is 1. The SMILES string of the molecule is N#Cc1ccc2c(c1)CC(CO)NC2c1cc(F)cc(Cl)c1. The lowest BCUT2D eigenvalue weighted by molar-refractivity contribution is 0.229. The van der Waals surface area contributed by atoms with Crippen molar-refractivity contribution in [2.24, 2.45) is 0 Å². The molecule has 1 aliphatic heterocycles. The van der Waals surface area contributed by atoms with E-state index in [1.54, 1.807) is 12.1 Å². The Balaban J connectivity index is 2.10. The lowest BCUT2D eigenvalue weighted by Gasteiger charge is -2.33. The molecule has 2 aromatic rings. The van der Waals surface area contributed by atoms with E-state index in [1.165, 1.54) is 12.1 Å². The highest BCUT2D eigenvalue weighted by Gasteiger charge is 2.27. The van der Waals surface area contributed by atoms with Crippen LogP contribution in [0.4, 0.5) is 4.39 Å². The summed E-state index contributed by atoms with van der Waals surface area (Å²) in [5, 5.41) is 22.2. The Morgan fingerprint density at radius 3 is 2.82 bits per heavy atom. The fraction of sp³-hybridized carbons (Fsp3) is 0.235. The van der Waals surface area contributed by atoms with Gasteiger partial charge in [0, 0.05) is 11.1 Å². The van der Waals surface area contributed by atoms with Crippen LogP contribution in [0.3, 0.4) is 0 Å². The van der Waals surface area contributed by atoms with Crippen molar-refractivity contribution in [3.05, 3.63) is 69.5 Å². The van der Waals surface area contributed by atoms with Crippen LogP contribution in [0.15, 0.2) is 36.4 Å². The lowest BCUT2D eigenvalue weighted by Crippen LogP contribution is -2.42. The summed E-state index contributed by atoms with van der Waals surface area (Å²) in [5.41, 5.74) is 3.25. The number of fused-ring (bicyclic) bond motifs is 1. The first-order valence-electron chi connectivity index (χ1n) is 6.96. The minimum Gasteiger partial charge on any atom is -0.395 e. The largest absolute Gasteiger partial charge is 0.395 e. The van der Waals surface area contributed by atoms with Crippen molar-refractivity contribution in [1.29, 1.82) is 5.26 Å². The number of aliphatic hydroxyl groups is 1. The van der Waals surface area contributed by atoms with E-state index >= 15 is 0 Å². The van der Waals surface area contributed by atoms with Gasteiger partial charge < -0.3 is 10.4 Å². The van der Waals surface area contributed by atoms with Gasteiger partial charge in [0.05, 0.1) is 24.3 Å². The monoisotopic (exact) mass is 316 g/mol. The lowest BCUT2D eigenvalue weighted by atomic mass is 9.86. The second kappa shape index (κ2) is 6.05. The molecule has 0 radical (unpaired) electrons. The average molecular weight is 317 g/mol. The van der Waals surface area contributed by atoms with E-state index in [-0.39, 0.29) is 18.7 Å². The number of halogens is 2. The smallest absolute Gasteiger partial charge is 0.125 e. The quantitative estimate of drug-likeness (QED) is 0.895. The van der Waals surface area contributed by atoms with Crippen molar-refractivity contribution < 1.29 is 9.50 Å². The third-order valence-electron chi connectivity index (χ3n) is 3.89. The van der Waals surface area contributed by atoms with E-state index < -0.39 is 5.82 Å². The van der Waals surface area contributed by atoms with Gasteiger partial charge >= 0.3 is 0 Å². The van der Waals surface area contributed by atoms with Crippen molar-refractivity contribution >= 4 is 11.6 Å². The fourth-order valence-corrected chi connectivity index (χ4v) is 3.15. The van der Waals surface area contributed by atoms with Crippen LogP contribution in [0, 0.1) is 17.1 Å². The molecule has 112 valence electrons. The number of nitrogens with zero attached hydrogens (tertiary/aromatic N) is 1. The van der Waals surface area contributed by atoms with Crippen LogP contribution in [0.5, 0.6) is 0 Å². The molecular formula is C17H14ClFN2O. The molecule has 0 spiro atoms. The fourth-order valence-electron chi connectivity index (χ4n) is 2.92. The van der Waals surface area contributed by atoms with E-state index in [4.69, 9.17) is 16.9 Å². The molecule has 0 aromatic heterocycles. The zero-order valence-corrected chi connectivity index (χ0v) is 12.4. The van der Waals surface area contributed by atoms with Crippen LogP contribution in [-0.2, 0) is 6.42 Å². The molecule has 3 nitrogen and oxygen atoms in total. The molecule has 0 amide bonds. The Morgan fingerprint density at radius 2 is 2.14 bits per heavy atom. The first-order valence-corrected chi connectivity index (χ1v) is 7.34. The average Bonchev–Trinajstić information content (AvgIpc) is 2.52. The van der Waals surface area contributed by atoms with Crippen molar-refractivity contribution in [3.63, 3.8) is 0 Å². The maximum absolute atomic E-state index is 13.7. The zero-order valence-electron chi connectivity index (χ0n) is 11.7. The molecule has 0 saturated heterocycles. The van der Waals surface area contributed by atoms with Gasteiger partial charge in [0.25, 0.3) is 0 Å². The first kappa shape index (κ1) is 15.0. The number of hydrogen-bond acceptors (Lipinski definition) is 3. The summed E-state index contributed by atoms with van der Waals surface area (Å²) in [5.74, 6) is -0.398. The second-order valence-electron chi connectivity index (χ2n) is 5.41. The van der Waals surface area contributed by atoms with Crippen molar-refractivity contribution in [2.45, 2.75) is 18.5 Å². The summed E-state index contributed by atoms with van der Waals surface area (Å²) in [4.78, 5) is 0. The third kappa shape index (κ3) is 2.84. The minimum absolute atomic E-state index is 0.0320. The third-order valence-corrected chi connectivity index (χ3v) is 4.11. The van der Waals surface area contributed by atoms with Crippen LogP contribution in [0.2, 0.25) is 5.02 Å². The molecule has 1 aliphatic rings. The predicted molar refractivity (Wildman–Crippen MR) is 82.1 cm³/mol.